The fourth-order valence-electron chi connectivity index (χ4n) is 3.18. The van der Waals surface area contributed by atoms with Gasteiger partial charge in [0.05, 0.1) is 27.3 Å². The first kappa shape index (κ1) is 22.0. The zero-order valence-corrected chi connectivity index (χ0v) is 18.1. The molecule has 0 saturated heterocycles. The molecule has 1 aromatic heterocycles. The lowest BCUT2D eigenvalue weighted by Crippen LogP contribution is -2.37. The topological polar surface area (TPSA) is 92.9 Å². The van der Waals surface area contributed by atoms with Crippen LogP contribution in [0.4, 0.5) is 0 Å². The first-order valence-electron chi connectivity index (χ1n) is 10.1. The Morgan fingerprint density at radius 1 is 1.06 bits per heavy atom. The Morgan fingerprint density at radius 3 is 2.39 bits per heavy atom. The highest BCUT2D eigenvalue weighted by Gasteiger charge is 2.11. The molecule has 0 atom stereocenters. The summed E-state index contributed by atoms with van der Waals surface area (Å²) in [6.45, 7) is 4.51. The molecule has 0 amide bonds. The molecular formula is C23H29N5O3. The van der Waals surface area contributed by atoms with Crippen LogP contribution in [0, 0.1) is 0 Å². The van der Waals surface area contributed by atoms with E-state index < -0.39 is 0 Å². The molecule has 0 aliphatic carbocycles. The standard InChI is InChI=1S/C23H29N5O3/c1-4-24-23(25-14-17-12-20(30-2)22(29)21(13-17)31-3)26-15-18-8-5-6-9-19(18)16-28-11-7-10-27-28/h5-13,29H,4,14-16H2,1-3H3,(H2,24,25,26). The third-order valence-corrected chi connectivity index (χ3v) is 4.76. The van der Waals surface area contributed by atoms with Gasteiger partial charge in [-0.2, -0.15) is 5.10 Å². The summed E-state index contributed by atoms with van der Waals surface area (Å²) in [6.07, 6.45) is 3.74. The van der Waals surface area contributed by atoms with Crippen LogP contribution in [0.15, 0.2) is 59.9 Å². The van der Waals surface area contributed by atoms with Crippen LogP contribution in [0.3, 0.4) is 0 Å². The van der Waals surface area contributed by atoms with Gasteiger partial charge in [0, 0.05) is 25.5 Å². The van der Waals surface area contributed by atoms with E-state index in [9.17, 15) is 5.11 Å². The molecule has 0 aliphatic rings. The van der Waals surface area contributed by atoms with Gasteiger partial charge < -0.3 is 25.2 Å². The fraction of sp³-hybridized carbons (Fsp3) is 0.304. The summed E-state index contributed by atoms with van der Waals surface area (Å²) in [5.74, 6) is 1.39. The molecule has 3 aromatic rings. The largest absolute Gasteiger partial charge is 0.502 e. The number of guanidine groups is 1. The Balaban J connectivity index is 1.71. The molecule has 3 rings (SSSR count). The van der Waals surface area contributed by atoms with E-state index in [0.717, 1.165) is 12.1 Å². The van der Waals surface area contributed by atoms with Gasteiger partial charge in [0.15, 0.2) is 17.5 Å². The number of phenolic OH excluding ortho intramolecular Hbond substituents is 1. The molecule has 8 nitrogen and oxygen atoms in total. The number of nitrogens with zero attached hydrogens (tertiary/aromatic N) is 3. The van der Waals surface area contributed by atoms with Gasteiger partial charge in [0.1, 0.15) is 0 Å². The number of methoxy groups -OCH3 is 2. The predicted octanol–water partition coefficient (Wildman–Crippen LogP) is 2.91. The number of rotatable bonds is 9. The quantitative estimate of drug-likeness (QED) is 0.362. The zero-order valence-electron chi connectivity index (χ0n) is 18.1. The minimum Gasteiger partial charge on any atom is -0.502 e. The van der Waals surface area contributed by atoms with E-state index in [2.05, 4.69) is 32.9 Å². The van der Waals surface area contributed by atoms with E-state index in [4.69, 9.17) is 9.47 Å². The van der Waals surface area contributed by atoms with Crippen molar-refractivity contribution in [3.63, 3.8) is 0 Å². The maximum absolute atomic E-state index is 10.1. The lowest BCUT2D eigenvalue weighted by Gasteiger charge is -2.15. The van der Waals surface area contributed by atoms with E-state index in [1.807, 2.05) is 36.0 Å². The third-order valence-electron chi connectivity index (χ3n) is 4.76. The number of aromatic hydroxyl groups is 1. The Labute approximate surface area is 182 Å². The van der Waals surface area contributed by atoms with Gasteiger partial charge in [-0.25, -0.2) is 4.99 Å². The van der Waals surface area contributed by atoms with Crippen LogP contribution in [0.1, 0.15) is 23.6 Å². The van der Waals surface area contributed by atoms with E-state index in [1.165, 1.54) is 25.3 Å². The second-order valence-corrected chi connectivity index (χ2v) is 6.87. The third kappa shape index (κ3) is 5.91. The van der Waals surface area contributed by atoms with E-state index >= 15 is 0 Å². The van der Waals surface area contributed by atoms with Crippen molar-refractivity contribution in [2.24, 2.45) is 4.99 Å². The highest BCUT2D eigenvalue weighted by Crippen LogP contribution is 2.37. The maximum Gasteiger partial charge on any atom is 0.200 e. The number of hydrogen-bond acceptors (Lipinski definition) is 5. The molecule has 0 fully saturated rings. The number of ether oxygens (including phenoxy) is 2. The lowest BCUT2D eigenvalue weighted by atomic mass is 10.1. The molecule has 0 unspecified atom stereocenters. The van der Waals surface area contributed by atoms with Crippen LogP contribution in [-0.2, 0) is 19.6 Å². The number of benzene rings is 2. The predicted molar refractivity (Wildman–Crippen MR) is 121 cm³/mol. The van der Waals surface area contributed by atoms with Gasteiger partial charge in [-0.1, -0.05) is 24.3 Å². The van der Waals surface area contributed by atoms with Gasteiger partial charge in [-0.3, -0.25) is 4.68 Å². The summed E-state index contributed by atoms with van der Waals surface area (Å²) >= 11 is 0. The first-order chi connectivity index (χ1) is 15.1. The smallest absolute Gasteiger partial charge is 0.200 e. The van der Waals surface area contributed by atoms with Gasteiger partial charge >= 0.3 is 0 Å². The van der Waals surface area contributed by atoms with Crippen LogP contribution in [0.5, 0.6) is 17.2 Å². The van der Waals surface area contributed by atoms with Gasteiger partial charge in [-0.05, 0) is 41.8 Å². The molecule has 1 heterocycles. The minimum atomic E-state index is -0.0171. The molecule has 2 aromatic carbocycles. The zero-order chi connectivity index (χ0) is 22.1. The summed E-state index contributed by atoms with van der Waals surface area (Å²) in [6, 6.07) is 13.7. The average molecular weight is 424 g/mol. The van der Waals surface area contributed by atoms with Crippen molar-refractivity contribution < 1.29 is 14.6 Å². The van der Waals surface area contributed by atoms with Crippen LogP contribution in [0.25, 0.3) is 0 Å². The Hall–Kier alpha value is -3.68. The Bertz CT molecular complexity index is 977. The van der Waals surface area contributed by atoms with Crippen molar-refractivity contribution >= 4 is 5.96 Å². The maximum atomic E-state index is 10.1. The molecule has 31 heavy (non-hydrogen) atoms. The molecular weight excluding hydrogens is 394 g/mol. The molecule has 0 saturated carbocycles. The summed E-state index contributed by atoms with van der Waals surface area (Å²) in [5, 5.41) is 21.0. The summed E-state index contributed by atoms with van der Waals surface area (Å²) in [4.78, 5) is 4.67. The van der Waals surface area contributed by atoms with Crippen LogP contribution < -0.4 is 20.1 Å². The average Bonchev–Trinajstić information content (AvgIpc) is 3.30. The fourth-order valence-corrected chi connectivity index (χ4v) is 3.18. The molecule has 0 aliphatic heterocycles. The van der Waals surface area contributed by atoms with Crippen molar-refractivity contribution in [1.29, 1.82) is 0 Å². The van der Waals surface area contributed by atoms with E-state index in [-0.39, 0.29) is 5.75 Å². The van der Waals surface area contributed by atoms with Crippen molar-refractivity contribution in [3.05, 3.63) is 71.5 Å². The number of aliphatic imine (C=N–C) groups is 1. The summed E-state index contributed by atoms with van der Waals surface area (Å²) in [5.41, 5.74) is 3.24. The number of aromatic nitrogens is 2. The second-order valence-electron chi connectivity index (χ2n) is 6.87. The van der Waals surface area contributed by atoms with E-state index in [0.29, 0.717) is 37.1 Å². The number of hydrogen-bond donors (Lipinski definition) is 3. The second kappa shape index (κ2) is 10.9. The lowest BCUT2D eigenvalue weighted by molar-refractivity contribution is 0.339. The van der Waals surface area contributed by atoms with Crippen molar-refractivity contribution in [3.8, 4) is 17.2 Å². The monoisotopic (exact) mass is 423 g/mol. The molecule has 0 bridgehead atoms. The molecule has 0 radical (unpaired) electrons. The van der Waals surface area contributed by atoms with Crippen molar-refractivity contribution in [2.45, 2.75) is 26.6 Å². The Kier molecular flexibility index (Phi) is 7.75. The number of nitrogens with one attached hydrogen (secondary N) is 2. The van der Waals surface area contributed by atoms with Crippen molar-refractivity contribution in [2.75, 3.05) is 20.8 Å². The normalized spacial score (nSPS) is 11.3. The highest BCUT2D eigenvalue weighted by molar-refractivity contribution is 5.79. The number of phenols is 1. The van der Waals surface area contributed by atoms with Crippen LogP contribution in [0.2, 0.25) is 0 Å². The summed E-state index contributed by atoms with van der Waals surface area (Å²) < 4.78 is 12.4. The minimum absolute atomic E-state index is 0.0171. The van der Waals surface area contributed by atoms with Crippen LogP contribution >= 0.6 is 0 Å². The van der Waals surface area contributed by atoms with Crippen molar-refractivity contribution in [1.82, 2.24) is 20.4 Å². The molecule has 3 N–H and O–H groups in total. The molecule has 0 spiro atoms. The molecule has 8 heteroatoms. The van der Waals surface area contributed by atoms with E-state index in [1.54, 1.807) is 18.3 Å². The molecule has 164 valence electrons. The van der Waals surface area contributed by atoms with Crippen LogP contribution in [-0.4, -0.2) is 41.6 Å². The SMILES string of the molecule is CCNC(=NCc1cc(OC)c(O)c(OC)c1)NCc1ccccc1Cn1cccn1. The van der Waals surface area contributed by atoms with Gasteiger partial charge in [0.2, 0.25) is 5.75 Å². The highest BCUT2D eigenvalue weighted by atomic mass is 16.5. The van der Waals surface area contributed by atoms with Gasteiger partial charge in [-0.15, -0.1) is 0 Å². The first-order valence-corrected chi connectivity index (χ1v) is 10.1. The Morgan fingerprint density at radius 2 is 1.77 bits per heavy atom. The van der Waals surface area contributed by atoms with Gasteiger partial charge in [0.25, 0.3) is 0 Å². The summed E-state index contributed by atoms with van der Waals surface area (Å²) in [7, 11) is 3.02.